The number of ether oxygens (including phenoxy) is 1. The van der Waals surface area contributed by atoms with Crippen molar-refractivity contribution in [3.05, 3.63) is 292 Å². The molecule has 0 radical (unpaired) electrons. The summed E-state index contributed by atoms with van der Waals surface area (Å²) in [4.78, 5) is 165. The summed E-state index contributed by atoms with van der Waals surface area (Å²) >= 11 is 0. The number of fused-ring (bicyclic) bond motifs is 34. The molecule has 1 aliphatic heterocycles. The smallest absolute Gasteiger partial charge is 0.424 e. The number of amides is 3. The predicted octanol–water partition coefficient (Wildman–Crippen LogP) is 9.11. The Morgan fingerprint density at radius 1 is 0.442 bits per heavy atom. The van der Waals surface area contributed by atoms with Crippen molar-refractivity contribution in [1.82, 2.24) is 111 Å². The number of carbonyl (C=O) groups is 5. The van der Waals surface area contributed by atoms with Crippen LogP contribution in [0, 0.1) is 0 Å². The maximum Gasteiger partial charge on any atom is 0.424 e. The average Bonchev–Trinajstić information content (AvgIpc) is 1.57. The number of benzene rings is 6. The number of rotatable bonds is 4. The van der Waals surface area contributed by atoms with Gasteiger partial charge in [0, 0.05) is 115 Å². The van der Waals surface area contributed by atoms with E-state index in [2.05, 4.69) is 89.8 Å². The third-order valence-electron chi connectivity index (χ3n) is 22.2. The lowest BCUT2D eigenvalue weighted by Gasteiger charge is -2.03. The monoisotopic (exact) mass is 1710 g/mol. The first-order chi connectivity index (χ1) is 62.8. The number of aromatic amines is 6. The number of methoxy groups -OCH3 is 1. The van der Waals surface area contributed by atoms with Crippen molar-refractivity contribution in [3.8, 4) is 23.5 Å². The molecule has 1 aliphatic rings. The highest BCUT2D eigenvalue weighted by Crippen LogP contribution is 2.42. The molecule has 21 heterocycles. The average molecular weight is 1710 g/mol. The molecule has 129 heavy (non-hydrogen) atoms. The van der Waals surface area contributed by atoms with Crippen molar-refractivity contribution in [2.45, 2.75) is 6.54 Å². The highest BCUT2D eigenvalue weighted by Gasteiger charge is 2.35. The number of aromatic hydroxyl groups is 4. The number of primary amides is 1. The molecule has 27 rings (SSSR count). The predicted molar refractivity (Wildman–Crippen MR) is 475 cm³/mol. The van der Waals surface area contributed by atoms with Gasteiger partial charge in [0.05, 0.1) is 116 Å². The van der Waals surface area contributed by atoms with Gasteiger partial charge in [-0.2, -0.15) is 4.57 Å². The molecule has 13 N–H and O–H groups in total. The molecule has 626 valence electrons. The zero-order chi connectivity index (χ0) is 88.5. The fraction of sp³-hybridized carbons (Fsp3) is 0.0222. The molecule has 39 heteroatoms. The minimum atomic E-state index is -0.884. The molecule has 0 aliphatic carbocycles. The van der Waals surface area contributed by atoms with Crippen molar-refractivity contribution < 1.29 is 54.1 Å². The van der Waals surface area contributed by atoms with E-state index in [9.17, 15) is 63.6 Å². The minimum Gasteiger partial charge on any atom is -0.493 e. The molecule has 20 aromatic heterocycles. The van der Waals surface area contributed by atoms with Gasteiger partial charge in [-0.25, -0.2) is 64.4 Å². The number of nitrogens with zero attached hydrogens (tertiary/aromatic N) is 17. The number of imide groups is 1. The quantitative estimate of drug-likeness (QED) is 0.0444. The first-order valence-corrected chi connectivity index (χ1v) is 39.1. The minimum absolute atomic E-state index is 0.148. The number of hydrogen-bond acceptors (Lipinski definition) is 24. The fourth-order valence-corrected chi connectivity index (χ4v) is 16.9. The van der Waals surface area contributed by atoms with Crippen LogP contribution < -0.4 is 38.3 Å². The van der Waals surface area contributed by atoms with Gasteiger partial charge in [0.2, 0.25) is 29.4 Å². The van der Waals surface area contributed by atoms with Crippen LogP contribution in [0.15, 0.2) is 265 Å². The van der Waals surface area contributed by atoms with E-state index in [1.807, 2.05) is 133 Å². The Bertz CT molecular complexity index is 8620. The lowest BCUT2D eigenvalue weighted by Crippen LogP contribution is -2.23. The summed E-state index contributed by atoms with van der Waals surface area (Å²) in [6, 6.07) is 45.4. The maximum absolute atomic E-state index is 12.2. The van der Waals surface area contributed by atoms with Crippen molar-refractivity contribution >= 4 is 216 Å². The molecule has 0 unspecified atom stereocenters. The van der Waals surface area contributed by atoms with Gasteiger partial charge in [0.25, 0.3) is 40.4 Å². The van der Waals surface area contributed by atoms with E-state index in [1.165, 1.54) is 24.3 Å². The number of aromatic nitrogens is 23. The van der Waals surface area contributed by atoms with Crippen LogP contribution in [0.25, 0.3) is 186 Å². The van der Waals surface area contributed by atoms with Crippen LogP contribution >= 0.6 is 0 Å². The Labute approximate surface area is 713 Å². The van der Waals surface area contributed by atoms with Gasteiger partial charge in [0.1, 0.15) is 45.3 Å². The second-order valence-corrected chi connectivity index (χ2v) is 29.4. The van der Waals surface area contributed by atoms with Crippen LogP contribution in [0.5, 0.6) is 23.5 Å². The molecule has 0 fully saturated rings. The van der Waals surface area contributed by atoms with E-state index < -0.39 is 23.7 Å². The molecule has 3 amide bonds. The van der Waals surface area contributed by atoms with Crippen LogP contribution in [0.3, 0.4) is 0 Å². The number of para-hydroxylation sites is 7. The number of esters is 1. The summed E-state index contributed by atoms with van der Waals surface area (Å²) < 4.78 is 15.5. The standard InChI is InChI=1S/4C15H8N4O2.C15H10N4O2.C10H8N2O3.C5H7N3O/c2*20-14-11-10-7-3-1-2-4-8(7)17-12(10)9-5-16-6-19(9)13(11)15(21)18-14;2*20-14-10-9-7-3-1-2-4-8(7)17-11(9)13-16-5-6-19(13)12(10)15(21)18-14;20-14-12(10-7-17-11-4-2-1-3-9(10)11)13(15(21)18-14)19-6-5-16-8-19;1-15-10(14)9(13)12-6-11-7-4-2-3-5-8(7)12;6-5(9)3-8-2-1-7-4-8/h4*1-6,21H,(H,18,20);1-8,17H,(H,18,20,21);2-6H,1H3;1-2,4H,3H2,(H2,6,9)/p+1. The van der Waals surface area contributed by atoms with Crippen LogP contribution in [-0.2, 0) is 30.5 Å². The molecule has 39 nitrogen and oxygen atoms in total. The second kappa shape index (κ2) is 30.1. The largest absolute Gasteiger partial charge is 0.493 e. The number of imidazole rings is 7. The fourth-order valence-electron chi connectivity index (χ4n) is 16.9. The molecule has 0 bridgehead atoms. The number of carbonyl (C=O) groups excluding carboxylic acids is 5. The number of pyridine rings is 4. The Balaban J connectivity index is 0.0000000923. The molecule has 0 spiro atoms. The van der Waals surface area contributed by atoms with E-state index in [1.54, 1.807) is 126 Å². The van der Waals surface area contributed by atoms with Crippen molar-refractivity contribution in [1.29, 1.82) is 0 Å². The van der Waals surface area contributed by atoms with E-state index in [4.69, 9.17) is 5.73 Å². The first kappa shape index (κ1) is 77.1. The summed E-state index contributed by atoms with van der Waals surface area (Å²) in [6.45, 7) is 0.208. The van der Waals surface area contributed by atoms with E-state index in [0.29, 0.717) is 88.3 Å². The topological polar surface area (TPSA) is 536 Å². The molecule has 6 aromatic carbocycles. The maximum atomic E-state index is 12.2. The van der Waals surface area contributed by atoms with Crippen LogP contribution in [-0.4, -0.2) is 163 Å². The van der Waals surface area contributed by atoms with Crippen molar-refractivity contribution in [3.63, 3.8) is 0 Å². The number of nitrogens with one attached hydrogen (secondary N) is 7. The van der Waals surface area contributed by atoms with Gasteiger partial charge in [-0.1, -0.05) is 103 Å². The Morgan fingerprint density at radius 3 is 1.33 bits per heavy atom. The van der Waals surface area contributed by atoms with E-state index >= 15 is 0 Å². The van der Waals surface area contributed by atoms with Gasteiger partial charge in [-0.15, -0.1) is 0 Å². The SMILES string of the molecule is COC(=O)C(=O)n1c[nH+]c2ccccc21.NC(=O)Cn1ccnc1.O=C1NC(=O)C(n2ccnc2)=C1c1c[nH]c2ccccc12.O=c1[nH]c(O)c2c1c1c3ccccc3nc1c1cncn12.O=c1[nH]c(O)c2c1c1c3ccccc3nc1c1cncn12.O=c1[nH]c(O)c2c1c1c3ccccc3nc1c1nccn12.O=c1[nH]c(O)c2c1c1c3ccccc3nc1c1nccn12. The number of H-pyrrole nitrogens is 6. The molecule has 26 aromatic rings. The summed E-state index contributed by atoms with van der Waals surface area (Å²) in [6.07, 6.45) is 25.9. The van der Waals surface area contributed by atoms with Gasteiger partial charge in [0.15, 0.2) is 22.3 Å². The first-order valence-electron chi connectivity index (χ1n) is 39.1. The normalized spacial score (nSPS) is 12.2. The molecule has 0 atom stereocenters. The van der Waals surface area contributed by atoms with E-state index in [0.717, 1.165) is 104 Å². The van der Waals surface area contributed by atoms with Gasteiger partial charge < -0.3 is 45.0 Å². The van der Waals surface area contributed by atoms with Crippen molar-refractivity contribution in [2.75, 3.05) is 7.11 Å². The highest BCUT2D eigenvalue weighted by atomic mass is 16.5. The highest BCUT2D eigenvalue weighted by molar-refractivity contribution is 6.47. The number of nitrogens with two attached hydrogens (primary N) is 1. The molecular weight excluding hydrogens is 1660 g/mol. The van der Waals surface area contributed by atoms with Gasteiger partial charge in [-0.05, 0) is 42.5 Å². The van der Waals surface area contributed by atoms with E-state index in [-0.39, 0.29) is 58.2 Å². The lowest BCUT2D eigenvalue weighted by atomic mass is 10.0. The van der Waals surface area contributed by atoms with Gasteiger partial charge >= 0.3 is 11.9 Å². The molecule has 0 saturated heterocycles. The summed E-state index contributed by atoms with van der Waals surface area (Å²) in [5, 5.41) is 51.8. The zero-order valence-electron chi connectivity index (χ0n) is 66.4. The Kier molecular flexibility index (Phi) is 18.0. The summed E-state index contributed by atoms with van der Waals surface area (Å²) in [5.74, 6) is -3.36. The number of hydrogen-bond donors (Lipinski definition) is 11. The molecule has 0 saturated carbocycles. The third kappa shape index (κ3) is 12.4. The summed E-state index contributed by atoms with van der Waals surface area (Å²) in [5.41, 5.74) is 17.9. The Hall–Kier alpha value is -19.2. The Morgan fingerprint density at radius 2 is 0.868 bits per heavy atom. The summed E-state index contributed by atoms with van der Waals surface area (Å²) in [7, 11) is 1.18. The van der Waals surface area contributed by atoms with Crippen LogP contribution in [0.1, 0.15) is 10.4 Å². The second-order valence-electron chi connectivity index (χ2n) is 29.4. The van der Waals surface area contributed by atoms with Crippen LogP contribution in [0.4, 0.5) is 0 Å². The van der Waals surface area contributed by atoms with Crippen LogP contribution in [0.2, 0.25) is 0 Å². The van der Waals surface area contributed by atoms with Gasteiger partial charge in [-0.3, -0.25) is 76.4 Å². The molecular formula is C90H58N25O14+. The zero-order valence-corrected chi connectivity index (χ0v) is 66.4. The third-order valence-corrected chi connectivity index (χ3v) is 22.2. The van der Waals surface area contributed by atoms with Crippen molar-refractivity contribution in [2.24, 2.45) is 5.73 Å². The lowest BCUT2D eigenvalue weighted by molar-refractivity contribution is -0.345.